The third-order valence-electron chi connectivity index (χ3n) is 2.62. The lowest BCUT2D eigenvalue weighted by molar-refractivity contribution is 0.281. The number of methoxy groups -OCH3 is 1. The molecule has 0 unspecified atom stereocenters. The summed E-state index contributed by atoms with van der Waals surface area (Å²) >= 11 is 0. The molecular formula is C14H16N2O3. The van der Waals surface area contributed by atoms with Crippen LogP contribution in [0.3, 0.4) is 0 Å². The van der Waals surface area contributed by atoms with Gasteiger partial charge in [0, 0.05) is 24.0 Å². The summed E-state index contributed by atoms with van der Waals surface area (Å²) in [4.78, 5) is 8.30. The van der Waals surface area contributed by atoms with Crippen LogP contribution in [0.25, 0.3) is 11.1 Å². The van der Waals surface area contributed by atoms with Gasteiger partial charge in [-0.1, -0.05) is 0 Å². The van der Waals surface area contributed by atoms with E-state index in [-0.39, 0.29) is 6.61 Å². The molecule has 0 aliphatic heterocycles. The predicted molar refractivity (Wildman–Crippen MR) is 71.1 cm³/mol. The molecule has 5 heteroatoms. The maximum absolute atomic E-state index is 9.19. The Kier molecular flexibility index (Phi) is 4.30. The van der Waals surface area contributed by atoms with E-state index in [1.54, 1.807) is 19.5 Å². The summed E-state index contributed by atoms with van der Waals surface area (Å²) in [5, 5.41) is 9.19. The first kappa shape index (κ1) is 13.3. The molecule has 0 aromatic carbocycles. The lowest BCUT2D eigenvalue weighted by Gasteiger charge is -2.10. The van der Waals surface area contributed by atoms with Crippen molar-refractivity contribution in [3.05, 3.63) is 36.2 Å². The Morgan fingerprint density at radius 3 is 2.79 bits per heavy atom. The number of rotatable bonds is 5. The number of hydrogen-bond donors (Lipinski definition) is 1. The van der Waals surface area contributed by atoms with Crippen LogP contribution in [0.5, 0.6) is 11.8 Å². The molecule has 0 amide bonds. The fourth-order valence-electron chi connectivity index (χ4n) is 1.76. The molecule has 2 heterocycles. The van der Waals surface area contributed by atoms with Crippen molar-refractivity contribution in [2.24, 2.45) is 0 Å². The molecule has 2 aromatic rings. The molecule has 0 saturated carbocycles. The average molecular weight is 260 g/mol. The van der Waals surface area contributed by atoms with Gasteiger partial charge < -0.3 is 14.6 Å². The third kappa shape index (κ3) is 3.00. The smallest absolute Gasteiger partial charge is 0.221 e. The Bertz CT molecular complexity index is 558. The third-order valence-corrected chi connectivity index (χ3v) is 2.62. The highest BCUT2D eigenvalue weighted by atomic mass is 16.5. The van der Waals surface area contributed by atoms with Crippen molar-refractivity contribution in [3.63, 3.8) is 0 Å². The highest BCUT2D eigenvalue weighted by Crippen LogP contribution is 2.30. The highest BCUT2D eigenvalue weighted by Gasteiger charge is 2.10. The van der Waals surface area contributed by atoms with Crippen molar-refractivity contribution in [3.8, 4) is 22.9 Å². The number of aliphatic hydroxyl groups excluding tert-OH is 1. The number of hydrogen-bond acceptors (Lipinski definition) is 5. The second-order valence-electron chi connectivity index (χ2n) is 3.87. The largest absolute Gasteiger partial charge is 0.481 e. The van der Waals surface area contributed by atoms with Crippen LogP contribution in [0.4, 0.5) is 0 Å². The Morgan fingerprint density at radius 1 is 1.26 bits per heavy atom. The van der Waals surface area contributed by atoms with E-state index in [0.29, 0.717) is 18.4 Å². The lowest BCUT2D eigenvalue weighted by atomic mass is 10.1. The summed E-state index contributed by atoms with van der Waals surface area (Å²) < 4.78 is 10.6. The predicted octanol–water partition coefficient (Wildman–Crippen LogP) is 2.04. The number of ether oxygens (including phenoxy) is 2. The van der Waals surface area contributed by atoms with Crippen molar-refractivity contribution >= 4 is 0 Å². The first-order chi connectivity index (χ1) is 9.28. The molecule has 0 aliphatic rings. The van der Waals surface area contributed by atoms with Crippen molar-refractivity contribution in [2.75, 3.05) is 13.7 Å². The molecule has 2 aromatic heterocycles. The first-order valence-electron chi connectivity index (χ1n) is 6.01. The van der Waals surface area contributed by atoms with Gasteiger partial charge in [-0.25, -0.2) is 9.97 Å². The van der Waals surface area contributed by atoms with Gasteiger partial charge in [0.15, 0.2) is 0 Å². The Balaban J connectivity index is 2.47. The van der Waals surface area contributed by atoms with E-state index >= 15 is 0 Å². The van der Waals surface area contributed by atoms with Gasteiger partial charge in [0.1, 0.15) is 0 Å². The molecule has 0 atom stereocenters. The molecule has 0 radical (unpaired) electrons. The van der Waals surface area contributed by atoms with E-state index in [9.17, 15) is 5.11 Å². The van der Waals surface area contributed by atoms with Crippen LogP contribution < -0.4 is 9.47 Å². The molecule has 2 rings (SSSR count). The lowest BCUT2D eigenvalue weighted by Crippen LogP contribution is -1.97. The molecule has 0 bridgehead atoms. The van der Waals surface area contributed by atoms with Crippen LogP contribution in [0.1, 0.15) is 12.5 Å². The zero-order valence-corrected chi connectivity index (χ0v) is 11.0. The minimum Gasteiger partial charge on any atom is -0.481 e. The van der Waals surface area contributed by atoms with E-state index in [1.165, 1.54) is 0 Å². The van der Waals surface area contributed by atoms with E-state index in [4.69, 9.17) is 9.47 Å². The topological polar surface area (TPSA) is 64.5 Å². The molecule has 0 spiro atoms. The molecule has 0 saturated heterocycles. The Hall–Kier alpha value is -2.14. The van der Waals surface area contributed by atoms with Gasteiger partial charge >= 0.3 is 0 Å². The summed E-state index contributed by atoms with van der Waals surface area (Å²) in [6.07, 6.45) is 3.26. The van der Waals surface area contributed by atoms with Gasteiger partial charge in [-0.05, 0) is 30.2 Å². The second-order valence-corrected chi connectivity index (χ2v) is 3.87. The quantitative estimate of drug-likeness (QED) is 0.891. The molecular weight excluding hydrogens is 244 g/mol. The van der Waals surface area contributed by atoms with Crippen LogP contribution >= 0.6 is 0 Å². The summed E-state index contributed by atoms with van der Waals surface area (Å²) in [5.41, 5.74) is 2.42. The van der Waals surface area contributed by atoms with Gasteiger partial charge in [0.2, 0.25) is 11.8 Å². The van der Waals surface area contributed by atoms with Crippen LogP contribution in [-0.2, 0) is 6.61 Å². The Morgan fingerprint density at radius 2 is 2.11 bits per heavy atom. The second kappa shape index (κ2) is 6.15. The zero-order valence-electron chi connectivity index (χ0n) is 11.0. The van der Waals surface area contributed by atoms with Crippen LogP contribution in [-0.4, -0.2) is 28.8 Å². The van der Waals surface area contributed by atoms with Gasteiger partial charge in [-0.15, -0.1) is 0 Å². The van der Waals surface area contributed by atoms with E-state index in [0.717, 1.165) is 16.7 Å². The van der Waals surface area contributed by atoms with Gasteiger partial charge in [-0.2, -0.15) is 0 Å². The molecule has 1 N–H and O–H groups in total. The first-order valence-corrected chi connectivity index (χ1v) is 6.01. The molecule has 0 fully saturated rings. The van der Waals surface area contributed by atoms with E-state index in [2.05, 4.69) is 9.97 Å². The van der Waals surface area contributed by atoms with Crippen molar-refractivity contribution in [1.29, 1.82) is 0 Å². The average Bonchev–Trinajstić information content (AvgIpc) is 2.47. The van der Waals surface area contributed by atoms with Crippen molar-refractivity contribution in [2.45, 2.75) is 13.5 Å². The van der Waals surface area contributed by atoms with Gasteiger partial charge in [0.05, 0.1) is 20.3 Å². The monoisotopic (exact) mass is 260 g/mol. The summed E-state index contributed by atoms with van der Waals surface area (Å²) in [6, 6.07) is 5.52. The maximum atomic E-state index is 9.19. The van der Waals surface area contributed by atoms with Crippen LogP contribution in [0.15, 0.2) is 30.6 Å². The maximum Gasteiger partial charge on any atom is 0.221 e. The van der Waals surface area contributed by atoms with Gasteiger partial charge in [0.25, 0.3) is 0 Å². The van der Waals surface area contributed by atoms with Crippen LogP contribution in [0, 0.1) is 0 Å². The number of aromatic nitrogens is 2. The van der Waals surface area contributed by atoms with Crippen molar-refractivity contribution in [1.82, 2.24) is 9.97 Å². The summed E-state index contributed by atoms with van der Waals surface area (Å²) in [7, 11) is 1.56. The number of nitrogens with zero attached hydrogens (tertiary/aromatic N) is 2. The van der Waals surface area contributed by atoms with Crippen LogP contribution in [0.2, 0.25) is 0 Å². The summed E-state index contributed by atoms with van der Waals surface area (Å²) in [5.74, 6) is 1.06. The normalized spacial score (nSPS) is 10.3. The standard InChI is InChI=1S/C14H16N2O3/c1-3-19-13-7-11(4-5-15-13)12-6-10(9-17)8-16-14(12)18-2/h4-8,17H,3,9H2,1-2H3. The Labute approximate surface area is 111 Å². The molecule has 0 aliphatic carbocycles. The fraction of sp³-hybridized carbons (Fsp3) is 0.286. The van der Waals surface area contributed by atoms with Crippen molar-refractivity contribution < 1.29 is 14.6 Å². The minimum atomic E-state index is -0.0621. The molecule has 100 valence electrons. The fourth-order valence-corrected chi connectivity index (χ4v) is 1.76. The number of pyridine rings is 2. The highest BCUT2D eigenvalue weighted by molar-refractivity contribution is 5.69. The summed E-state index contributed by atoms with van der Waals surface area (Å²) in [6.45, 7) is 2.40. The zero-order chi connectivity index (χ0) is 13.7. The van der Waals surface area contributed by atoms with Gasteiger partial charge in [-0.3, -0.25) is 0 Å². The van der Waals surface area contributed by atoms with E-state index < -0.39 is 0 Å². The number of aliphatic hydroxyl groups is 1. The van der Waals surface area contributed by atoms with E-state index in [1.807, 2.05) is 25.1 Å². The SMILES string of the molecule is CCOc1cc(-c2cc(CO)cnc2OC)ccn1. The minimum absolute atomic E-state index is 0.0621. The molecule has 19 heavy (non-hydrogen) atoms. The molecule has 5 nitrogen and oxygen atoms in total.